The van der Waals surface area contributed by atoms with Crippen molar-refractivity contribution in [2.24, 2.45) is 0 Å². The van der Waals surface area contributed by atoms with E-state index in [0.717, 1.165) is 12.2 Å². The Bertz CT molecular complexity index is 21.7. The van der Waals surface area contributed by atoms with Crippen LogP contribution in [-0.2, 0) is 0 Å². The van der Waals surface area contributed by atoms with Crippen molar-refractivity contribution in [1.29, 1.82) is 0 Å². The highest BCUT2D eigenvalue weighted by molar-refractivity contribution is 7.98. The van der Waals surface area contributed by atoms with Crippen molar-refractivity contribution in [2.45, 2.75) is 6.42 Å². The Hall–Kier alpha value is 0.270. The van der Waals surface area contributed by atoms with Gasteiger partial charge in [-0.3, -0.25) is 0 Å². The highest BCUT2D eigenvalue weighted by Gasteiger charge is 1.76. The van der Waals surface area contributed by atoms with E-state index in [2.05, 4.69) is 0 Å². The molecule has 0 saturated carbocycles. The fourth-order valence-corrected chi connectivity index (χ4v) is 0.627. The molecule has 46 valence electrons. The van der Waals surface area contributed by atoms with Crippen molar-refractivity contribution in [3.8, 4) is 0 Å². The first-order chi connectivity index (χ1) is 2.91. The highest BCUT2D eigenvalue weighted by atomic mass is 32.2. The van der Waals surface area contributed by atoms with Crippen molar-refractivity contribution in [3.05, 3.63) is 0 Å². The molecule has 0 spiro atoms. The Morgan fingerprint density at radius 3 is 2.29 bits per heavy atom. The minimum Gasteiger partial charge on any atom is -0.412 e. The molecule has 0 atom stereocenters. The van der Waals surface area contributed by atoms with Gasteiger partial charge in [0.15, 0.2) is 0 Å². The molecule has 0 aliphatic rings. The molecule has 0 aromatic heterocycles. The minimum absolute atomic E-state index is 0. The Balaban J connectivity index is 0. The van der Waals surface area contributed by atoms with E-state index >= 15 is 0 Å². The molecule has 0 radical (unpaired) electrons. The zero-order valence-corrected chi connectivity index (χ0v) is 5.29. The molecule has 0 amide bonds. The van der Waals surface area contributed by atoms with Crippen molar-refractivity contribution < 1.29 is 10.6 Å². The normalized spacial score (nSPS) is 7.71. The Morgan fingerprint density at radius 1 is 1.57 bits per heavy atom. The van der Waals surface area contributed by atoms with E-state index in [1.165, 1.54) is 0 Å². The number of aliphatic hydroxyl groups excluding tert-OH is 1. The lowest BCUT2D eigenvalue weighted by Gasteiger charge is -1.86. The number of aliphatic hydroxyl groups is 1. The lowest BCUT2D eigenvalue weighted by Crippen LogP contribution is -1.82. The second kappa shape index (κ2) is 9.55. The minimum atomic E-state index is 0. The second-order valence-electron chi connectivity index (χ2n) is 1.07. The fraction of sp³-hybridized carbons (Fsp3) is 1.00. The fourth-order valence-electron chi connectivity index (χ4n) is 0.209. The summed E-state index contributed by atoms with van der Waals surface area (Å²) in [6, 6.07) is 0. The summed E-state index contributed by atoms with van der Waals surface area (Å²) in [6.07, 6.45) is 2.97. The molecule has 0 aliphatic carbocycles. The van der Waals surface area contributed by atoms with Gasteiger partial charge in [-0.25, -0.2) is 0 Å². The van der Waals surface area contributed by atoms with E-state index in [1.54, 1.807) is 11.8 Å². The molecule has 0 bridgehead atoms. The summed E-state index contributed by atoms with van der Waals surface area (Å²) in [7, 11) is 0. The van der Waals surface area contributed by atoms with Crippen LogP contribution in [0.3, 0.4) is 0 Å². The summed E-state index contributed by atoms with van der Waals surface area (Å²) in [4.78, 5) is 0. The van der Waals surface area contributed by atoms with Gasteiger partial charge in [0.05, 0.1) is 0 Å². The van der Waals surface area contributed by atoms with E-state index < -0.39 is 0 Å². The van der Waals surface area contributed by atoms with Crippen LogP contribution in [0.1, 0.15) is 6.42 Å². The monoisotopic (exact) mass is 124 g/mol. The van der Waals surface area contributed by atoms with Gasteiger partial charge in [-0.1, -0.05) is 0 Å². The van der Waals surface area contributed by atoms with Crippen LogP contribution in [0.4, 0.5) is 0 Å². The maximum Gasteiger partial charge on any atom is 0.0438 e. The molecule has 3 N–H and O–H groups in total. The zero-order valence-electron chi connectivity index (χ0n) is 4.48. The highest BCUT2D eigenvalue weighted by Crippen LogP contribution is 1.92. The van der Waals surface area contributed by atoms with Crippen molar-refractivity contribution in [1.82, 2.24) is 0 Å². The SMILES string of the molecule is CSCCCO.O. The van der Waals surface area contributed by atoms with Crippen LogP contribution in [0.25, 0.3) is 0 Å². The summed E-state index contributed by atoms with van der Waals surface area (Å²) >= 11 is 1.77. The molecule has 0 unspecified atom stereocenters. The second-order valence-corrected chi connectivity index (χ2v) is 2.06. The van der Waals surface area contributed by atoms with Gasteiger partial charge in [-0.2, -0.15) is 11.8 Å². The van der Waals surface area contributed by atoms with Crippen molar-refractivity contribution in [2.75, 3.05) is 18.6 Å². The number of thioether (sulfide) groups is 1. The third-order valence-electron chi connectivity index (χ3n) is 0.507. The average Bonchev–Trinajstić information content (AvgIpc) is 1.61. The van der Waals surface area contributed by atoms with Crippen LogP contribution in [0.15, 0.2) is 0 Å². The van der Waals surface area contributed by atoms with Gasteiger partial charge >= 0.3 is 0 Å². The molecule has 3 heteroatoms. The van der Waals surface area contributed by atoms with Crippen LogP contribution in [0, 0.1) is 0 Å². The molecule has 0 aliphatic heterocycles. The maximum absolute atomic E-state index is 8.18. The van der Waals surface area contributed by atoms with Gasteiger partial charge in [-0.15, -0.1) is 0 Å². The van der Waals surface area contributed by atoms with Crippen LogP contribution in [0.5, 0.6) is 0 Å². The van der Waals surface area contributed by atoms with E-state index in [4.69, 9.17) is 5.11 Å². The first-order valence-corrected chi connectivity index (χ1v) is 3.41. The largest absolute Gasteiger partial charge is 0.412 e. The molecule has 0 aromatic carbocycles. The number of rotatable bonds is 3. The third-order valence-corrected chi connectivity index (χ3v) is 1.20. The molecular weight excluding hydrogens is 112 g/mol. The van der Waals surface area contributed by atoms with E-state index in [0.29, 0.717) is 6.61 Å². The van der Waals surface area contributed by atoms with Crippen LogP contribution < -0.4 is 0 Å². The van der Waals surface area contributed by atoms with Gasteiger partial charge in [0.1, 0.15) is 0 Å². The average molecular weight is 124 g/mol. The van der Waals surface area contributed by atoms with Crippen molar-refractivity contribution >= 4 is 11.8 Å². The van der Waals surface area contributed by atoms with Gasteiger partial charge in [0, 0.05) is 6.61 Å². The number of hydrogen-bond donors (Lipinski definition) is 1. The van der Waals surface area contributed by atoms with E-state index in [-0.39, 0.29) is 5.48 Å². The van der Waals surface area contributed by atoms with Crippen LogP contribution >= 0.6 is 11.8 Å². The molecule has 0 saturated heterocycles. The lowest BCUT2D eigenvalue weighted by molar-refractivity contribution is 0.296. The van der Waals surface area contributed by atoms with E-state index in [1.807, 2.05) is 6.26 Å². The third kappa shape index (κ3) is 10.7. The first kappa shape index (κ1) is 10.3. The van der Waals surface area contributed by atoms with Gasteiger partial charge in [0.25, 0.3) is 0 Å². The predicted octanol–water partition coefficient (Wildman–Crippen LogP) is -0.0929. The summed E-state index contributed by atoms with van der Waals surface area (Å²) in [5.74, 6) is 1.08. The van der Waals surface area contributed by atoms with Gasteiger partial charge in [-0.05, 0) is 18.4 Å². The molecule has 2 nitrogen and oxygen atoms in total. The standard InChI is InChI=1S/C4H10OS.H2O/c1-6-4-2-3-5;/h5H,2-4H2,1H3;1H2. The smallest absolute Gasteiger partial charge is 0.0438 e. The Kier molecular flexibility index (Phi) is 14.0. The summed E-state index contributed by atoms with van der Waals surface area (Å²) in [5.41, 5.74) is 0. The topological polar surface area (TPSA) is 51.7 Å². The van der Waals surface area contributed by atoms with Gasteiger partial charge in [0.2, 0.25) is 0 Å². The molecule has 0 aromatic rings. The molecule has 0 fully saturated rings. The first-order valence-electron chi connectivity index (χ1n) is 2.01. The Labute approximate surface area is 48.2 Å². The van der Waals surface area contributed by atoms with Crippen molar-refractivity contribution in [3.63, 3.8) is 0 Å². The zero-order chi connectivity index (χ0) is 4.83. The van der Waals surface area contributed by atoms with Crippen LogP contribution in [0.2, 0.25) is 0 Å². The summed E-state index contributed by atoms with van der Waals surface area (Å²) in [5, 5.41) is 8.18. The molecule has 7 heavy (non-hydrogen) atoms. The quantitative estimate of drug-likeness (QED) is 0.534. The predicted molar refractivity (Wildman–Crippen MR) is 33.7 cm³/mol. The summed E-state index contributed by atoms with van der Waals surface area (Å²) in [6.45, 7) is 0.334. The number of hydrogen-bond acceptors (Lipinski definition) is 2. The maximum atomic E-state index is 8.18. The molecule has 0 heterocycles. The molecule has 0 rings (SSSR count). The van der Waals surface area contributed by atoms with E-state index in [9.17, 15) is 0 Å². The molecular formula is C4H12O2S. The van der Waals surface area contributed by atoms with Crippen LogP contribution in [-0.4, -0.2) is 29.2 Å². The lowest BCUT2D eigenvalue weighted by atomic mass is 10.5. The van der Waals surface area contributed by atoms with Gasteiger partial charge < -0.3 is 10.6 Å². The summed E-state index contributed by atoms with van der Waals surface area (Å²) < 4.78 is 0. The Morgan fingerprint density at radius 2 is 2.14 bits per heavy atom.